The lowest BCUT2D eigenvalue weighted by Gasteiger charge is -2.20. The number of carbonyl (C=O) groups is 3. The number of carboxylic acids is 1. The second-order valence-electron chi connectivity index (χ2n) is 5.76. The van der Waals surface area contributed by atoms with E-state index in [1.165, 1.54) is 6.92 Å². The van der Waals surface area contributed by atoms with Crippen molar-refractivity contribution in [2.75, 3.05) is 13.1 Å². The summed E-state index contributed by atoms with van der Waals surface area (Å²) in [5, 5.41) is 26.3. The third kappa shape index (κ3) is 6.51. The van der Waals surface area contributed by atoms with Crippen molar-refractivity contribution in [1.29, 1.82) is 0 Å². The Kier molecular flexibility index (Phi) is 7.93. The van der Waals surface area contributed by atoms with Gasteiger partial charge in [-0.2, -0.15) is 0 Å². The van der Waals surface area contributed by atoms with Gasteiger partial charge in [0.05, 0.1) is 12.1 Å². The molecule has 1 rings (SSSR count). The monoisotopic (exact) mass is 330 g/mol. The lowest BCUT2D eigenvalue weighted by molar-refractivity contribution is -0.142. The van der Waals surface area contributed by atoms with E-state index in [-0.39, 0.29) is 18.7 Å². The number of nitrogens with two attached hydrogens (primary N) is 1. The molecule has 0 radical (unpaired) electrons. The van der Waals surface area contributed by atoms with Crippen LogP contribution in [0.2, 0.25) is 0 Å². The van der Waals surface area contributed by atoms with Crippen molar-refractivity contribution < 1.29 is 24.6 Å². The van der Waals surface area contributed by atoms with Crippen molar-refractivity contribution in [2.24, 2.45) is 5.73 Å². The van der Waals surface area contributed by atoms with Crippen LogP contribution < -0.4 is 21.7 Å². The topological polar surface area (TPSA) is 154 Å². The minimum absolute atomic E-state index is 0.287. The second kappa shape index (κ2) is 9.43. The zero-order valence-corrected chi connectivity index (χ0v) is 13.2. The number of aliphatic hydroxyl groups is 1. The van der Waals surface area contributed by atoms with Gasteiger partial charge in [0.2, 0.25) is 11.8 Å². The first kappa shape index (κ1) is 19.3. The van der Waals surface area contributed by atoms with Crippen LogP contribution in [-0.2, 0) is 14.4 Å². The van der Waals surface area contributed by atoms with Crippen LogP contribution in [0.1, 0.15) is 32.6 Å². The van der Waals surface area contributed by atoms with Crippen LogP contribution in [0.3, 0.4) is 0 Å². The number of hydrogen-bond donors (Lipinski definition) is 6. The average Bonchev–Trinajstić information content (AvgIpc) is 2.92. The number of carboxylic acid groups (broad SMARTS) is 1. The number of amides is 2. The lowest BCUT2D eigenvalue weighted by atomic mass is 10.1. The average molecular weight is 330 g/mol. The van der Waals surface area contributed by atoms with Gasteiger partial charge in [-0.15, -0.1) is 0 Å². The standard InChI is InChI=1S/C14H26N4O5/c1-8(17-13(21)11-6-9(19)7-16-11)12(20)18-10(14(22)23)4-2-3-5-15/h8-11,16,19H,2-7,15H2,1H3,(H,17,21)(H,18,20)(H,22,23)/t8-,9+,10-,11-/m0/s1. The smallest absolute Gasteiger partial charge is 0.326 e. The summed E-state index contributed by atoms with van der Waals surface area (Å²) in [4.78, 5) is 35.1. The molecule has 1 fully saturated rings. The molecule has 23 heavy (non-hydrogen) atoms. The van der Waals surface area contributed by atoms with Gasteiger partial charge >= 0.3 is 5.97 Å². The predicted molar refractivity (Wildman–Crippen MR) is 82.5 cm³/mol. The minimum Gasteiger partial charge on any atom is -0.480 e. The van der Waals surface area contributed by atoms with Crippen LogP contribution in [-0.4, -0.2) is 65.3 Å². The van der Waals surface area contributed by atoms with Gasteiger partial charge in [0.1, 0.15) is 12.1 Å². The van der Waals surface area contributed by atoms with Gasteiger partial charge in [-0.05, 0) is 39.2 Å². The largest absolute Gasteiger partial charge is 0.480 e. The molecule has 0 aliphatic carbocycles. The highest BCUT2D eigenvalue weighted by Gasteiger charge is 2.30. The number of β-amino-alcohol motifs (C(OH)–C–C–N with tert-alkyl or cyclic N) is 1. The van der Waals surface area contributed by atoms with E-state index in [4.69, 9.17) is 10.8 Å². The molecule has 0 spiro atoms. The Bertz CT molecular complexity index is 431. The van der Waals surface area contributed by atoms with Gasteiger partial charge in [-0.25, -0.2) is 4.79 Å². The number of rotatable bonds is 9. The number of unbranched alkanes of at least 4 members (excludes halogenated alkanes) is 1. The molecule has 9 nitrogen and oxygen atoms in total. The van der Waals surface area contributed by atoms with E-state index in [0.29, 0.717) is 25.9 Å². The minimum atomic E-state index is -1.12. The van der Waals surface area contributed by atoms with Crippen LogP contribution in [0.15, 0.2) is 0 Å². The van der Waals surface area contributed by atoms with Gasteiger partial charge in [0.25, 0.3) is 0 Å². The summed E-state index contributed by atoms with van der Waals surface area (Å²) in [6, 6.07) is -2.40. The van der Waals surface area contributed by atoms with Crippen molar-refractivity contribution in [3.8, 4) is 0 Å². The van der Waals surface area contributed by atoms with Gasteiger partial charge in [0, 0.05) is 6.54 Å². The van der Waals surface area contributed by atoms with Crippen molar-refractivity contribution >= 4 is 17.8 Å². The molecule has 0 unspecified atom stereocenters. The molecule has 1 saturated heterocycles. The van der Waals surface area contributed by atoms with Crippen molar-refractivity contribution in [2.45, 2.75) is 56.8 Å². The molecular weight excluding hydrogens is 304 g/mol. The van der Waals surface area contributed by atoms with E-state index in [2.05, 4.69) is 16.0 Å². The molecule has 0 aromatic rings. The van der Waals surface area contributed by atoms with Crippen LogP contribution in [0, 0.1) is 0 Å². The first-order valence-electron chi connectivity index (χ1n) is 7.80. The SMILES string of the molecule is C[C@H](NC(=O)[C@@H]1C[C@@H](O)CN1)C(=O)N[C@@H](CCCCN)C(=O)O. The Morgan fingerprint density at radius 3 is 2.52 bits per heavy atom. The highest BCUT2D eigenvalue weighted by Crippen LogP contribution is 2.06. The quantitative estimate of drug-likeness (QED) is 0.265. The van der Waals surface area contributed by atoms with E-state index in [9.17, 15) is 19.5 Å². The number of nitrogens with one attached hydrogen (secondary N) is 3. The summed E-state index contributed by atoms with van der Waals surface area (Å²) in [6.45, 7) is 2.28. The Balaban J connectivity index is 2.44. The summed E-state index contributed by atoms with van der Waals surface area (Å²) in [5.74, 6) is -2.06. The fourth-order valence-electron chi connectivity index (χ4n) is 2.34. The summed E-state index contributed by atoms with van der Waals surface area (Å²) in [6.07, 6.45) is 1.28. The van der Waals surface area contributed by atoms with Gasteiger partial charge in [-0.3, -0.25) is 9.59 Å². The molecule has 132 valence electrons. The van der Waals surface area contributed by atoms with Gasteiger partial charge in [-0.1, -0.05) is 0 Å². The van der Waals surface area contributed by atoms with Crippen molar-refractivity contribution in [1.82, 2.24) is 16.0 Å². The van der Waals surface area contributed by atoms with Crippen molar-refractivity contribution in [3.05, 3.63) is 0 Å². The predicted octanol–water partition coefficient (Wildman–Crippen LogP) is -2.09. The second-order valence-corrected chi connectivity index (χ2v) is 5.76. The molecule has 1 aliphatic rings. The zero-order chi connectivity index (χ0) is 17.4. The molecule has 0 aromatic heterocycles. The third-order valence-electron chi connectivity index (χ3n) is 3.74. The fraction of sp³-hybridized carbons (Fsp3) is 0.786. The number of aliphatic carboxylic acids is 1. The van der Waals surface area contributed by atoms with E-state index in [1.54, 1.807) is 0 Å². The molecule has 0 bridgehead atoms. The third-order valence-corrected chi connectivity index (χ3v) is 3.74. The number of hydrogen-bond acceptors (Lipinski definition) is 6. The Hall–Kier alpha value is -1.71. The van der Waals surface area contributed by atoms with E-state index in [0.717, 1.165) is 0 Å². The van der Waals surface area contributed by atoms with Crippen LogP contribution in [0.25, 0.3) is 0 Å². The molecule has 2 amide bonds. The van der Waals surface area contributed by atoms with Crippen LogP contribution in [0.4, 0.5) is 0 Å². The molecule has 9 heteroatoms. The summed E-state index contributed by atoms with van der Waals surface area (Å²) in [5.41, 5.74) is 5.36. The highest BCUT2D eigenvalue weighted by atomic mass is 16.4. The van der Waals surface area contributed by atoms with E-state index >= 15 is 0 Å². The maximum absolute atomic E-state index is 12.0. The molecule has 0 saturated carbocycles. The van der Waals surface area contributed by atoms with Gasteiger partial charge in [0.15, 0.2) is 0 Å². The zero-order valence-electron chi connectivity index (χ0n) is 13.2. The fourth-order valence-corrected chi connectivity index (χ4v) is 2.34. The Labute approximate surface area is 135 Å². The molecule has 0 aromatic carbocycles. The Morgan fingerprint density at radius 2 is 2.00 bits per heavy atom. The molecule has 1 aliphatic heterocycles. The van der Waals surface area contributed by atoms with Gasteiger partial charge < -0.3 is 31.9 Å². The normalized spacial score (nSPS) is 23.1. The number of carbonyl (C=O) groups excluding carboxylic acids is 2. The summed E-state index contributed by atoms with van der Waals surface area (Å²) in [7, 11) is 0. The molecule has 7 N–H and O–H groups in total. The highest BCUT2D eigenvalue weighted by molar-refractivity contribution is 5.91. The van der Waals surface area contributed by atoms with E-state index in [1.807, 2.05) is 0 Å². The van der Waals surface area contributed by atoms with Crippen molar-refractivity contribution in [3.63, 3.8) is 0 Å². The first-order valence-corrected chi connectivity index (χ1v) is 7.80. The Morgan fingerprint density at radius 1 is 1.30 bits per heavy atom. The van der Waals surface area contributed by atoms with Crippen LogP contribution >= 0.6 is 0 Å². The lowest BCUT2D eigenvalue weighted by Crippen LogP contribution is -2.53. The first-order chi connectivity index (χ1) is 10.8. The van der Waals surface area contributed by atoms with E-state index < -0.39 is 36.1 Å². The number of aliphatic hydroxyl groups excluding tert-OH is 1. The van der Waals surface area contributed by atoms with Crippen LogP contribution in [0.5, 0.6) is 0 Å². The summed E-state index contributed by atoms with van der Waals surface area (Å²) >= 11 is 0. The maximum atomic E-state index is 12.0. The summed E-state index contributed by atoms with van der Waals surface area (Å²) < 4.78 is 0. The molecule has 1 heterocycles. The maximum Gasteiger partial charge on any atom is 0.326 e. The molecular formula is C14H26N4O5. The molecule has 4 atom stereocenters.